The minimum atomic E-state index is 0.339. The molecule has 1 fully saturated rings. The molecule has 0 radical (unpaired) electrons. The number of aryl methyl sites for hydroxylation is 1. The Balaban J connectivity index is 2.22. The van der Waals surface area contributed by atoms with Gasteiger partial charge < -0.3 is 4.90 Å². The maximum atomic E-state index is 8.92. The first-order valence-corrected chi connectivity index (χ1v) is 6.53. The van der Waals surface area contributed by atoms with Crippen LogP contribution < -0.4 is 4.90 Å². The molecule has 18 heavy (non-hydrogen) atoms. The van der Waals surface area contributed by atoms with E-state index in [4.69, 9.17) is 5.26 Å². The van der Waals surface area contributed by atoms with Gasteiger partial charge in [-0.05, 0) is 32.5 Å². The minimum absolute atomic E-state index is 0.339. The largest absolute Gasteiger partial charge is 0.366 e. The lowest BCUT2D eigenvalue weighted by Gasteiger charge is -2.44. The van der Waals surface area contributed by atoms with Crippen LogP contribution in [-0.4, -0.2) is 37.1 Å². The Morgan fingerprint density at radius 3 is 2.72 bits per heavy atom. The standard InChI is InChI=1S/C15H21N3/c1-12-6-4-5-7-15(12)18-11-14(8-9-16)17(3)10-13(18)2/h4-7,13-14H,8,10-11H2,1-3H3. The molecular formula is C15H21N3. The molecule has 1 saturated heterocycles. The molecule has 0 aliphatic carbocycles. The second kappa shape index (κ2) is 5.41. The molecule has 1 aliphatic rings. The van der Waals surface area contributed by atoms with Crippen molar-refractivity contribution in [2.75, 3.05) is 25.0 Å². The van der Waals surface area contributed by atoms with Crippen molar-refractivity contribution in [1.29, 1.82) is 5.26 Å². The molecule has 1 aliphatic heterocycles. The molecular weight excluding hydrogens is 222 g/mol. The average molecular weight is 243 g/mol. The normalized spacial score (nSPS) is 24.9. The van der Waals surface area contributed by atoms with Crippen molar-refractivity contribution in [1.82, 2.24) is 4.90 Å². The monoisotopic (exact) mass is 243 g/mol. The summed E-state index contributed by atoms with van der Waals surface area (Å²) in [6.07, 6.45) is 0.603. The zero-order chi connectivity index (χ0) is 13.1. The van der Waals surface area contributed by atoms with Crippen LogP contribution in [0.25, 0.3) is 0 Å². The predicted octanol–water partition coefficient (Wildman–Crippen LogP) is 2.42. The van der Waals surface area contributed by atoms with Gasteiger partial charge in [-0.3, -0.25) is 4.90 Å². The van der Waals surface area contributed by atoms with Gasteiger partial charge in [-0.1, -0.05) is 18.2 Å². The zero-order valence-corrected chi connectivity index (χ0v) is 11.4. The Morgan fingerprint density at radius 2 is 2.06 bits per heavy atom. The number of rotatable bonds is 2. The van der Waals surface area contributed by atoms with Crippen molar-refractivity contribution in [3.63, 3.8) is 0 Å². The van der Waals surface area contributed by atoms with Gasteiger partial charge >= 0.3 is 0 Å². The third-order valence-electron chi connectivity index (χ3n) is 3.87. The lowest BCUT2D eigenvalue weighted by atomic mass is 10.0. The summed E-state index contributed by atoms with van der Waals surface area (Å²) in [6.45, 7) is 6.36. The van der Waals surface area contributed by atoms with Gasteiger partial charge in [0.25, 0.3) is 0 Å². The van der Waals surface area contributed by atoms with Gasteiger partial charge in [0.15, 0.2) is 0 Å². The smallest absolute Gasteiger partial charge is 0.0638 e. The Labute approximate surface area is 110 Å². The molecule has 0 bridgehead atoms. The predicted molar refractivity (Wildman–Crippen MR) is 74.6 cm³/mol. The molecule has 1 heterocycles. The highest BCUT2D eigenvalue weighted by molar-refractivity contribution is 5.54. The Morgan fingerprint density at radius 1 is 1.33 bits per heavy atom. The first-order chi connectivity index (χ1) is 8.63. The van der Waals surface area contributed by atoms with E-state index in [2.05, 4.69) is 61.0 Å². The maximum Gasteiger partial charge on any atom is 0.0638 e. The third-order valence-corrected chi connectivity index (χ3v) is 3.87. The van der Waals surface area contributed by atoms with E-state index in [1.54, 1.807) is 0 Å². The summed E-state index contributed by atoms with van der Waals surface area (Å²) in [6, 6.07) is 11.6. The molecule has 3 nitrogen and oxygen atoms in total. The van der Waals surface area contributed by atoms with Crippen LogP contribution >= 0.6 is 0 Å². The first kappa shape index (κ1) is 12.9. The number of likely N-dealkylation sites (N-methyl/N-ethyl adjacent to an activating group) is 1. The summed E-state index contributed by atoms with van der Waals surface area (Å²) in [7, 11) is 2.12. The van der Waals surface area contributed by atoms with Crippen molar-refractivity contribution < 1.29 is 0 Å². The van der Waals surface area contributed by atoms with Gasteiger partial charge in [0, 0.05) is 30.9 Å². The van der Waals surface area contributed by atoms with E-state index in [0.717, 1.165) is 13.1 Å². The number of nitrogens with zero attached hydrogens (tertiary/aromatic N) is 3. The van der Waals surface area contributed by atoms with E-state index in [1.165, 1.54) is 11.3 Å². The number of hydrogen-bond acceptors (Lipinski definition) is 3. The molecule has 2 atom stereocenters. The van der Waals surface area contributed by atoms with E-state index in [-0.39, 0.29) is 0 Å². The van der Waals surface area contributed by atoms with E-state index in [9.17, 15) is 0 Å². The van der Waals surface area contributed by atoms with E-state index in [0.29, 0.717) is 18.5 Å². The lowest BCUT2D eigenvalue weighted by Crippen LogP contribution is -2.56. The van der Waals surface area contributed by atoms with Crippen molar-refractivity contribution in [2.45, 2.75) is 32.4 Å². The second-order valence-electron chi connectivity index (χ2n) is 5.24. The highest BCUT2D eigenvalue weighted by Crippen LogP contribution is 2.26. The van der Waals surface area contributed by atoms with Gasteiger partial charge in [0.2, 0.25) is 0 Å². The van der Waals surface area contributed by atoms with Gasteiger partial charge in [0.1, 0.15) is 0 Å². The average Bonchev–Trinajstić information content (AvgIpc) is 2.34. The lowest BCUT2D eigenvalue weighted by molar-refractivity contribution is 0.194. The van der Waals surface area contributed by atoms with E-state index in [1.807, 2.05) is 0 Å². The second-order valence-corrected chi connectivity index (χ2v) is 5.24. The molecule has 2 rings (SSSR count). The first-order valence-electron chi connectivity index (χ1n) is 6.53. The summed E-state index contributed by atoms with van der Waals surface area (Å²) >= 11 is 0. The molecule has 0 spiro atoms. The number of para-hydroxylation sites is 1. The topological polar surface area (TPSA) is 30.3 Å². The Kier molecular flexibility index (Phi) is 3.88. The summed E-state index contributed by atoms with van der Waals surface area (Å²) in [5, 5.41) is 8.92. The fourth-order valence-electron chi connectivity index (χ4n) is 2.76. The molecule has 0 amide bonds. The number of hydrogen-bond donors (Lipinski definition) is 0. The summed E-state index contributed by atoms with van der Waals surface area (Å²) in [4.78, 5) is 4.75. The zero-order valence-electron chi connectivity index (χ0n) is 11.4. The van der Waals surface area contributed by atoms with E-state index < -0.39 is 0 Å². The van der Waals surface area contributed by atoms with Crippen LogP contribution in [0.2, 0.25) is 0 Å². The highest BCUT2D eigenvalue weighted by atomic mass is 15.3. The van der Waals surface area contributed by atoms with Crippen LogP contribution in [0.3, 0.4) is 0 Å². The summed E-state index contributed by atoms with van der Waals surface area (Å²) < 4.78 is 0. The van der Waals surface area contributed by atoms with Crippen LogP contribution in [0.5, 0.6) is 0 Å². The summed E-state index contributed by atoms with van der Waals surface area (Å²) in [5.41, 5.74) is 2.62. The number of nitriles is 1. The fourth-order valence-corrected chi connectivity index (χ4v) is 2.76. The van der Waals surface area contributed by atoms with Gasteiger partial charge in [0.05, 0.1) is 12.5 Å². The number of benzene rings is 1. The van der Waals surface area contributed by atoms with Crippen LogP contribution in [0.15, 0.2) is 24.3 Å². The fraction of sp³-hybridized carbons (Fsp3) is 0.533. The molecule has 0 N–H and O–H groups in total. The van der Waals surface area contributed by atoms with Crippen LogP contribution in [-0.2, 0) is 0 Å². The molecule has 0 saturated carbocycles. The molecule has 1 aromatic rings. The number of anilines is 1. The summed E-state index contributed by atoms with van der Waals surface area (Å²) in [5.74, 6) is 0. The Bertz CT molecular complexity index is 449. The van der Waals surface area contributed by atoms with Crippen molar-refractivity contribution in [3.8, 4) is 6.07 Å². The SMILES string of the molecule is Cc1ccccc1N1CC(CC#N)N(C)CC1C. The van der Waals surface area contributed by atoms with Crippen molar-refractivity contribution in [3.05, 3.63) is 29.8 Å². The molecule has 0 aromatic heterocycles. The Hall–Kier alpha value is -1.53. The van der Waals surface area contributed by atoms with Crippen LogP contribution in [0.1, 0.15) is 18.9 Å². The van der Waals surface area contributed by atoms with Crippen LogP contribution in [0, 0.1) is 18.3 Å². The minimum Gasteiger partial charge on any atom is -0.366 e. The highest BCUT2D eigenvalue weighted by Gasteiger charge is 2.29. The van der Waals surface area contributed by atoms with E-state index >= 15 is 0 Å². The number of piperazine rings is 1. The third kappa shape index (κ3) is 2.49. The van der Waals surface area contributed by atoms with Crippen LogP contribution in [0.4, 0.5) is 5.69 Å². The van der Waals surface area contributed by atoms with Gasteiger partial charge in [-0.25, -0.2) is 0 Å². The maximum absolute atomic E-state index is 8.92. The quantitative estimate of drug-likeness (QED) is 0.799. The van der Waals surface area contributed by atoms with Gasteiger partial charge in [-0.2, -0.15) is 5.26 Å². The van der Waals surface area contributed by atoms with Gasteiger partial charge in [-0.15, -0.1) is 0 Å². The molecule has 2 unspecified atom stereocenters. The molecule has 1 aromatic carbocycles. The van der Waals surface area contributed by atoms with Crippen molar-refractivity contribution >= 4 is 5.69 Å². The van der Waals surface area contributed by atoms with Crippen molar-refractivity contribution in [2.24, 2.45) is 0 Å². The molecule has 3 heteroatoms. The molecule has 96 valence electrons.